The molecule has 1 unspecified atom stereocenters. The van der Waals surface area contributed by atoms with Gasteiger partial charge in [-0.3, -0.25) is 9.78 Å². The molecule has 0 amide bonds. The van der Waals surface area contributed by atoms with Gasteiger partial charge >= 0.3 is 0 Å². The highest BCUT2D eigenvalue weighted by atomic mass is 19.1. The van der Waals surface area contributed by atoms with E-state index in [1.807, 2.05) is 0 Å². The average Bonchev–Trinajstić information content (AvgIpc) is 2.41. The largest absolute Gasteiger partial charge is 0.348 e. The van der Waals surface area contributed by atoms with Crippen molar-refractivity contribution in [3.63, 3.8) is 0 Å². The van der Waals surface area contributed by atoms with E-state index in [4.69, 9.17) is 0 Å². The first-order valence-electron chi connectivity index (χ1n) is 6.55. The number of anilines is 1. The minimum atomic E-state index is -0.660. The van der Waals surface area contributed by atoms with E-state index < -0.39 is 17.6 Å². The second-order valence-electron chi connectivity index (χ2n) is 5.15. The van der Waals surface area contributed by atoms with Crippen LogP contribution >= 0.6 is 0 Å². The van der Waals surface area contributed by atoms with E-state index in [1.165, 1.54) is 18.2 Å². The van der Waals surface area contributed by atoms with Gasteiger partial charge in [0.05, 0.1) is 5.69 Å². The monoisotopic (exact) mass is 293 g/mol. The summed E-state index contributed by atoms with van der Waals surface area (Å²) in [5, 5.41) is 0. The van der Waals surface area contributed by atoms with Crippen molar-refractivity contribution in [2.45, 2.75) is 19.8 Å². The molecule has 0 aliphatic carbocycles. The number of nitrogens with one attached hydrogen (secondary N) is 1. The quantitative estimate of drug-likeness (QED) is 0.946. The van der Waals surface area contributed by atoms with Crippen LogP contribution in [0.3, 0.4) is 0 Å². The Morgan fingerprint density at radius 3 is 2.33 bits per heavy atom. The van der Waals surface area contributed by atoms with Crippen molar-refractivity contribution in [2.75, 3.05) is 19.0 Å². The summed E-state index contributed by atoms with van der Waals surface area (Å²) in [6.07, 6.45) is 0. The second kappa shape index (κ2) is 5.63. The molecular formula is C15H17F2N3O. The first kappa shape index (κ1) is 15.2. The van der Waals surface area contributed by atoms with Crippen molar-refractivity contribution in [2.24, 2.45) is 0 Å². The fourth-order valence-electron chi connectivity index (χ4n) is 2.23. The van der Waals surface area contributed by atoms with E-state index in [0.717, 1.165) is 0 Å². The Labute approximate surface area is 121 Å². The van der Waals surface area contributed by atoms with Gasteiger partial charge in [0.25, 0.3) is 5.56 Å². The highest BCUT2D eigenvalue weighted by molar-refractivity contribution is 5.37. The summed E-state index contributed by atoms with van der Waals surface area (Å²) in [7, 11) is 3.46. The number of aromatic nitrogens is 2. The van der Waals surface area contributed by atoms with Gasteiger partial charge in [-0.15, -0.1) is 0 Å². The Hall–Kier alpha value is -2.24. The minimum Gasteiger partial charge on any atom is -0.348 e. The maximum atomic E-state index is 13.9. The van der Waals surface area contributed by atoms with E-state index >= 15 is 0 Å². The number of aromatic amines is 1. The van der Waals surface area contributed by atoms with Gasteiger partial charge in [0.1, 0.15) is 11.6 Å². The first-order chi connectivity index (χ1) is 9.82. The molecule has 1 heterocycles. The highest BCUT2D eigenvalue weighted by Gasteiger charge is 2.22. The summed E-state index contributed by atoms with van der Waals surface area (Å²) in [5.74, 6) is -1.60. The summed E-state index contributed by atoms with van der Waals surface area (Å²) in [6, 6.07) is 3.71. The van der Waals surface area contributed by atoms with Gasteiger partial charge in [0, 0.05) is 31.1 Å². The second-order valence-corrected chi connectivity index (χ2v) is 5.15. The van der Waals surface area contributed by atoms with Crippen LogP contribution in [0.2, 0.25) is 0 Å². The van der Waals surface area contributed by atoms with Crippen LogP contribution in [0.15, 0.2) is 23.0 Å². The lowest BCUT2D eigenvalue weighted by molar-refractivity contribution is 0.544. The Kier molecular flexibility index (Phi) is 4.06. The number of halogens is 2. The smallest absolute Gasteiger partial charge is 0.255 e. The molecule has 0 aliphatic heterocycles. The molecular weight excluding hydrogens is 276 g/mol. The van der Waals surface area contributed by atoms with Gasteiger partial charge in [-0.2, -0.15) is 0 Å². The molecule has 0 radical (unpaired) electrons. The normalized spacial score (nSPS) is 12.3. The van der Waals surface area contributed by atoms with Crippen LogP contribution < -0.4 is 10.5 Å². The van der Waals surface area contributed by atoms with Gasteiger partial charge < -0.3 is 4.90 Å². The maximum absolute atomic E-state index is 13.9. The minimum absolute atomic E-state index is 0.0802. The van der Waals surface area contributed by atoms with Crippen molar-refractivity contribution in [3.8, 4) is 0 Å². The van der Waals surface area contributed by atoms with Crippen LogP contribution in [0.5, 0.6) is 0 Å². The number of rotatable bonds is 3. The van der Waals surface area contributed by atoms with Crippen LogP contribution in [0, 0.1) is 18.6 Å². The van der Waals surface area contributed by atoms with Gasteiger partial charge in [-0.25, -0.2) is 13.8 Å². The molecule has 1 N–H and O–H groups in total. The molecule has 0 aliphatic rings. The fourth-order valence-corrected chi connectivity index (χ4v) is 2.23. The molecule has 2 aromatic rings. The van der Waals surface area contributed by atoms with Gasteiger partial charge in [-0.05, 0) is 19.1 Å². The molecule has 1 aromatic carbocycles. The Morgan fingerprint density at radius 2 is 1.81 bits per heavy atom. The molecule has 4 nitrogen and oxygen atoms in total. The fraction of sp³-hybridized carbons (Fsp3) is 0.333. The van der Waals surface area contributed by atoms with E-state index in [9.17, 15) is 13.6 Å². The number of H-pyrrole nitrogens is 1. The summed E-state index contributed by atoms with van der Waals surface area (Å²) in [6.45, 7) is 3.23. The molecule has 112 valence electrons. The Morgan fingerprint density at radius 1 is 1.24 bits per heavy atom. The lowest BCUT2D eigenvalue weighted by Gasteiger charge is -2.18. The van der Waals surface area contributed by atoms with Crippen molar-refractivity contribution in [1.29, 1.82) is 0 Å². The van der Waals surface area contributed by atoms with E-state index in [2.05, 4.69) is 9.97 Å². The third-order valence-electron chi connectivity index (χ3n) is 3.44. The SMILES string of the molecule is Cc1c(C(C)c2c(F)cccc2F)nc(N(C)C)[nH]c1=O. The van der Waals surface area contributed by atoms with Crippen molar-refractivity contribution in [1.82, 2.24) is 9.97 Å². The zero-order valence-electron chi connectivity index (χ0n) is 12.4. The highest BCUT2D eigenvalue weighted by Crippen LogP contribution is 2.28. The first-order valence-corrected chi connectivity index (χ1v) is 6.55. The Balaban J connectivity index is 2.63. The van der Waals surface area contributed by atoms with Crippen LogP contribution in [0.25, 0.3) is 0 Å². The van der Waals surface area contributed by atoms with Crippen molar-refractivity contribution >= 4 is 5.95 Å². The predicted octanol–water partition coefficient (Wildman–Crippen LogP) is 2.57. The van der Waals surface area contributed by atoms with E-state index in [0.29, 0.717) is 17.2 Å². The summed E-state index contributed by atoms with van der Waals surface area (Å²) >= 11 is 0. The zero-order valence-corrected chi connectivity index (χ0v) is 12.4. The molecule has 0 saturated heterocycles. The summed E-state index contributed by atoms with van der Waals surface area (Å²) < 4.78 is 27.8. The molecule has 0 saturated carbocycles. The van der Waals surface area contributed by atoms with E-state index in [1.54, 1.807) is 32.8 Å². The summed E-state index contributed by atoms with van der Waals surface area (Å²) in [4.78, 5) is 20.5. The van der Waals surface area contributed by atoms with Crippen LogP contribution in [-0.4, -0.2) is 24.1 Å². The number of hydrogen-bond acceptors (Lipinski definition) is 3. The number of hydrogen-bond donors (Lipinski definition) is 1. The molecule has 1 atom stereocenters. The Bertz CT molecular complexity index is 705. The zero-order chi connectivity index (χ0) is 15.7. The van der Waals surface area contributed by atoms with Crippen LogP contribution in [0.4, 0.5) is 14.7 Å². The molecule has 0 spiro atoms. The lowest BCUT2D eigenvalue weighted by Crippen LogP contribution is -2.23. The lowest BCUT2D eigenvalue weighted by atomic mass is 9.94. The predicted molar refractivity (Wildman–Crippen MR) is 77.8 cm³/mol. The van der Waals surface area contributed by atoms with Crippen LogP contribution in [0.1, 0.15) is 29.7 Å². The van der Waals surface area contributed by atoms with Crippen molar-refractivity contribution in [3.05, 3.63) is 57.0 Å². The van der Waals surface area contributed by atoms with Gasteiger partial charge in [0.2, 0.25) is 5.95 Å². The molecule has 0 bridgehead atoms. The molecule has 6 heteroatoms. The van der Waals surface area contributed by atoms with Gasteiger partial charge in [0.15, 0.2) is 0 Å². The molecule has 0 fully saturated rings. The topological polar surface area (TPSA) is 49.0 Å². The standard InChI is InChI=1S/C15H17F2N3O/c1-8(12-10(16)6-5-7-11(12)17)13-9(2)14(21)19-15(18-13)20(3)4/h5-8H,1-4H3,(H,18,19,21). The number of nitrogens with zero attached hydrogens (tertiary/aromatic N) is 2. The molecule has 1 aromatic heterocycles. The third kappa shape index (κ3) is 2.79. The molecule has 21 heavy (non-hydrogen) atoms. The molecule has 2 rings (SSSR count). The third-order valence-corrected chi connectivity index (χ3v) is 3.44. The van der Waals surface area contributed by atoms with Crippen LogP contribution in [-0.2, 0) is 0 Å². The van der Waals surface area contributed by atoms with E-state index in [-0.39, 0.29) is 11.1 Å². The average molecular weight is 293 g/mol. The number of benzene rings is 1. The van der Waals surface area contributed by atoms with Crippen molar-refractivity contribution < 1.29 is 8.78 Å². The maximum Gasteiger partial charge on any atom is 0.255 e. The van der Waals surface area contributed by atoms with Gasteiger partial charge in [-0.1, -0.05) is 13.0 Å². The summed E-state index contributed by atoms with van der Waals surface area (Å²) in [5.41, 5.74) is 0.331.